The van der Waals surface area contributed by atoms with Gasteiger partial charge in [-0.25, -0.2) is 0 Å². The largest absolute Gasteiger partial charge is 0.380 e. The molecule has 0 saturated carbocycles. The Balaban J connectivity index is 2.32. The molecule has 7 heteroatoms. The summed E-state index contributed by atoms with van der Waals surface area (Å²) in [7, 11) is 7.04. The highest BCUT2D eigenvalue weighted by molar-refractivity contribution is 8.21. The van der Waals surface area contributed by atoms with Crippen molar-refractivity contribution in [1.29, 1.82) is 5.41 Å². The lowest BCUT2D eigenvalue weighted by molar-refractivity contribution is 0.463. The van der Waals surface area contributed by atoms with Gasteiger partial charge >= 0.3 is 0 Å². The number of nitrogens with one attached hydrogen (secondary N) is 2. The van der Waals surface area contributed by atoms with Gasteiger partial charge in [0.2, 0.25) is 0 Å². The molecule has 2 aromatic rings. The summed E-state index contributed by atoms with van der Waals surface area (Å²) in [5, 5.41) is 13.1. The number of halogens is 3. The Morgan fingerprint density at radius 1 is 1.12 bits per heavy atom. The van der Waals surface area contributed by atoms with Gasteiger partial charge in [-0.05, 0) is 65.8 Å². The van der Waals surface area contributed by atoms with E-state index in [9.17, 15) is 0 Å². The number of nitrogens with zero attached hydrogens (tertiary/aromatic N) is 1. The highest BCUT2D eigenvalue weighted by Crippen LogP contribution is 2.30. The van der Waals surface area contributed by atoms with Crippen LogP contribution < -0.4 is 5.32 Å². The van der Waals surface area contributed by atoms with Gasteiger partial charge in [-0.15, -0.1) is 0 Å². The van der Waals surface area contributed by atoms with Crippen molar-refractivity contribution in [3.05, 3.63) is 57.6 Å². The van der Waals surface area contributed by atoms with Gasteiger partial charge in [0.1, 0.15) is 5.84 Å². The molecular weight excluding hydrogens is 397 g/mol. The molecule has 3 nitrogen and oxygen atoms in total. The standard InChI is InChI=1S/C18H20Cl3N3S/c1-3-24(4-2)18(22)13-10-12(25-21)8-9-17(13)23-11-14-15(19)6-5-7-16(14)20/h5-10,22-23H,3-4,11H2,1-2H3. The highest BCUT2D eigenvalue weighted by atomic mass is 35.7. The van der Waals surface area contributed by atoms with Crippen molar-refractivity contribution in [3.63, 3.8) is 0 Å². The van der Waals surface area contributed by atoms with Crippen molar-refractivity contribution in [2.75, 3.05) is 18.4 Å². The molecule has 0 spiro atoms. The van der Waals surface area contributed by atoms with E-state index >= 15 is 0 Å². The van der Waals surface area contributed by atoms with Gasteiger partial charge in [0.25, 0.3) is 0 Å². The third-order valence-corrected chi connectivity index (χ3v) is 5.61. The third-order valence-electron chi connectivity index (χ3n) is 3.93. The van der Waals surface area contributed by atoms with E-state index in [2.05, 4.69) is 5.32 Å². The Morgan fingerprint density at radius 3 is 2.32 bits per heavy atom. The molecule has 0 bridgehead atoms. The molecule has 0 unspecified atom stereocenters. The van der Waals surface area contributed by atoms with Crippen LogP contribution in [-0.2, 0) is 6.54 Å². The zero-order chi connectivity index (χ0) is 18.4. The lowest BCUT2D eigenvalue weighted by Gasteiger charge is -2.24. The van der Waals surface area contributed by atoms with E-state index in [-0.39, 0.29) is 0 Å². The predicted molar refractivity (Wildman–Crippen MR) is 112 cm³/mol. The number of hydrogen-bond donors (Lipinski definition) is 2. The van der Waals surface area contributed by atoms with Crippen LogP contribution in [0.15, 0.2) is 41.3 Å². The van der Waals surface area contributed by atoms with Crippen LogP contribution in [0.5, 0.6) is 0 Å². The minimum absolute atomic E-state index is 0.463. The second-order valence-electron chi connectivity index (χ2n) is 5.36. The first kappa shape index (κ1) is 20.2. The Bertz CT molecular complexity index is 728. The van der Waals surface area contributed by atoms with Crippen molar-refractivity contribution in [1.82, 2.24) is 4.90 Å². The van der Waals surface area contributed by atoms with Gasteiger partial charge in [-0.2, -0.15) is 0 Å². The highest BCUT2D eigenvalue weighted by Gasteiger charge is 2.15. The van der Waals surface area contributed by atoms with Crippen molar-refractivity contribution in [2.24, 2.45) is 0 Å². The van der Waals surface area contributed by atoms with Crippen LogP contribution in [0.2, 0.25) is 10.0 Å². The van der Waals surface area contributed by atoms with Gasteiger partial charge in [0.15, 0.2) is 0 Å². The Labute approximate surface area is 167 Å². The third kappa shape index (κ3) is 4.98. The zero-order valence-electron chi connectivity index (χ0n) is 14.1. The molecule has 0 saturated heterocycles. The minimum Gasteiger partial charge on any atom is -0.380 e. The average Bonchev–Trinajstić information content (AvgIpc) is 2.62. The summed E-state index contributed by atoms with van der Waals surface area (Å²) < 4.78 is 0. The summed E-state index contributed by atoms with van der Waals surface area (Å²) in [6.45, 7) is 6.08. The van der Waals surface area contributed by atoms with Crippen LogP contribution in [0, 0.1) is 5.41 Å². The maximum Gasteiger partial charge on any atom is 0.130 e. The van der Waals surface area contributed by atoms with E-state index in [4.69, 9.17) is 39.3 Å². The maximum atomic E-state index is 8.55. The van der Waals surface area contributed by atoms with Crippen molar-refractivity contribution >= 4 is 56.4 Å². The molecule has 2 aromatic carbocycles. The molecular formula is C18H20Cl3N3S. The molecule has 0 aromatic heterocycles. The fourth-order valence-electron chi connectivity index (χ4n) is 2.52. The summed E-state index contributed by atoms with van der Waals surface area (Å²) >= 11 is 12.5. The van der Waals surface area contributed by atoms with Gasteiger partial charge < -0.3 is 10.2 Å². The smallest absolute Gasteiger partial charge is 0.130 e. The minimum atomic E-state index is 0.463. The van der Waals surface area contributed by atoms with Gasteiger partial charge in [-0.3, -0.25) is 5.41 Å². The number of hydrogen-bond acceptors (Lipinski definition) is 3. The first-order valence-electron chi connectivity index (χ1n) is 7.95. The van der Waals surface area contributed by atoms with Crippen LogP contribution in [0.25, 0.3) is 0 Å². The van der Waals surface area contributed by atoms with E-state index in [1.54, 1.807) is 0 Å². The second kappa shape index (κ2) is 9.58. The van der Waals surface area contributed by atoms with E-state index in [0.29, 0.717) is 22.4 Å². The number of amidine groups is 1. The quantitative estimate of drug-likeness (QED) is 0.398. The molecule has 2 N–H and O–H groups in total. The maximum absolute atomic E-state index is 8.55. The van der Waals surface area contributed by atoms with Crippen LogP contribution in [0.4, 0.5) is 5.69 Å². The lowest BCUT2D eigenvalue weighted by Crippen LogP contribution is -2.31. The molecule has 0 aliphatic carbocycles. The fraction of sp³-hybridized carbons (Fsp3) is 0.278. The Hall–Kier alpha value is -1.07. The van der Waals surface area contributed by atoms with Crippen LogP contribution in [0.1, 0.15) is 25.0 Å². The zero-order valence-corrected chi connectivity index (χ0v) is 17.2. The molecule has 0 fully saturated rings. The first-order valence-corrected chi connectivity index (χ1v) is 10.3. The number of anilines is 1. The molecule has 0 heterocycles. The summed E-state index contributed by atoms with van der Waals surface area (Å²) in [6.07, 6.45) is 0. The summed E-state index contributed by atoms with van der Waals surface area (Å²) in [5.74, 6) is 0.463. The molecule has 2 rings (SSSR count). The fourth-order valence-corrected chi connectivity index (χ4v) is 3.62. The van der Waals surface area contributed by atoms with Gasteiger partial charge in [-0.1, -0.05) is 29.3 Å². The average molecular weight is 417 g/mol. The number of rotatable bonds is 7. The molecule has 0 aliphatic rings. The number of benzene rings is 2. The van der Waals surface area contributed by atoms with E-state index in [1.165, 1.54) is 0 Å². The molecule has 0 aliphatic heterocycles. The molecule has 0 radical (unpaired) electrons. The Morgan fingerprint density at radius 2 is 1.76 bits per heavy atom. The van der Waals surface area contributed by atoms with Crippen molar-refractivity contribution in [2.45, 2.75) is 25.3 Å². The lowest BCUT2D eigenvalue weighted by atomic mass is 10.1. The Kier molecular flexibility index (Phi) is 7.76. The summed E-state index contributed by atoms with van der Waals surface area (Å²) in [6, 6.07) is 11.2. The second-order valence-corrected chi connectivity index (χ2v) is 7.26. The topological polar surface area (TPSA) is 39.1 Å². The van der Waals surface area contributed by atoms with Gasteiger partial charge in [0.05, 0.1) is 0 Å². The van der Waals surface area contributed by atoms with Crippen LogP contribution in [-0.4, -0.2) is 23.8 Å². The van der Waals surface area contributed by atoms with Gasteiger partial charge in [0, 0.05) is 51.4 Å². The van der Waals surface area contributed by atoms with E-state index < -0.39 is 0 Å². The summed E-state index contributed by atoms with van der Waals surface area (Å²) in [4.78, 5) is 2.89. The summed E-state index contributed by atoms with van der Waals surface area (Å²) in [5.41, 5.74) is 2.49. The molecule has 134 valence electrons. The molecule has 25 heavy (non-hydrogen) atoms. The van der Waals surface area contributed by atoms with E-state index in [1.807, 2.05) is 55.1 Å². The van der Waals surface area contributed by atoms with Crippen LogP contribution in [0.3, 0.4) is 0 Å². The normalized spacial score (nSPS) is 10.6. The first-order chi connectivity index (χ1) is 12.0. The SMILES string of the molecule is CCN(CC)C(=N)c1cc(SCl)ccc1NCc1c(Cl)cccc1Cl. The molecule has 0 amide bonds. The molecule has 0 atom stereocenters. The monoisotopic (exact) mass is 415 g/mol. The van der Waals surface area contributed by atoms with Crippen molar-refractivity contribution in [3.8, 4) is 0 Å². The predicted octanol–water partition coefficient (Wildman–Crippen LogP) is 6.52. The van der Waals surface area contributed by atoms with Crippen molar-refractivity contribution < 1.29 is 0 Å². The van der Waals surface area contributed by atoms with E-state index in [0.717, 1.165) is 45.8 Å². The van der Waals surface area contributed by atoms with Crippen LogP contribution >= 0.6 is 44.9 Å².